The minimum Gasteiger partial charge on any atom is -0.354 e. The maximum Gasteiger partial charge on any atom is 0.237 e. The van der Waals surface area contributed by atoms with E-state index in [0.717, 1.165) is 43.0 Å². The average Bonchev–Trinajstić information content (AvgIpc) is 2.99. The molecule has 1 atom stereocenters. The highest BCUT2D eigenvalue weighted by molar-refractivity contribution is 5.92. The van der Waals surface area contributed by atoms with Crippen molar-refractivity contribution in [3.05, 3.63) is 59.4 Å². The van der Waals surface area contributed by atoms with Gasteiger partial charge in [0, 0.05) is 18.0 Å². The molecule has 1 aliphatic heterocycles. The molecule has 0 unspecified atom stereocenters. The van der Waals surface area contributed by atoms with Crippen LogP contribution in [0, 0.1) is 23.4 Å². The zero-order valence-electron chi connectivity index (χ0n) is 16.3. The third-order valence-corrected chi connectivity index (χ3v) is 6.35. The molecule has 2 heterocycles. The Bertz CT molecular complexity index is 1100. The SMILES string of the molecule is O=C(NC[C@H]1C[C@H](c2c(-c3ccc(F)cc3)[nH]c3c(F)cc(F)cc32)C1)[C@@H]1CCN1. The molecule has 0 spiro atoms. The predicted octanol–water partition coefficient (Wildman–Crippen LogP) is 4.22. The Morgan fingerprint density at radius 2 is 1.80 bits per heavy atom. The van der Waals surface area contributed by atoms with Crippen LogP contribution < -0.4 is 10.6 Å². The fraction of sp³-hybridized carbons (Fsp3) is 0.348. The van der Waals surface area contributed by atoms with Gasteiger partial charge in [-0.15, -0.1) is 0 Å². The first kappa shape index (κ1) is 19.2. The minimum absolute atomic E-state index is 0.0351. The van der Waals surface area contributed by atoms with E-state index >= 15 is 0 Å². The van der Waals surface area contributed by atoms with Gasteiger partial charge in [-0.25, -0.2) is 13.2 Å². The van der Waals surface area contributed by atoms with Crippen LogP contribution in [0.5, 0.6) is 0 Å². The molecule has 1 saturated carbocycles. The monoisotopic (exact) mass is 413 g/mol. The lowest BCUT2D eigenvalue weighted by Crippen LogP contribution is -2.54. The summed E-state index contributed by atoms with van der Waals surface area (Å²) >= 11 is 0. The summed E-state index contributed by atoms with van der Waals surface area (Å²) in [6, 6.07) is 8.13. The molecule has 7 heteroatoms. The number of aromatic nitrogens is 1. The summed E-state index contributed by atoms with van der Waals surface area (Å²) in [4.78, 5) is 15.1. The van der Waals surface area contributed by atoms with Crippen LogP contribution in [0.4, 0.5) is 13.2 Å². The Hall–Kier alpha value is -2.80. The van der Waals surface area contributed by atoms with E-state index in [1.54, 1.807) is 12.1 Å². The van der Waals surface area contributed by atoms with Crippen molar-refractivity contribution >= 4 is 16.8 Å². The molecule has 2 aliphatic rings. The molecular weight excluding hydrogens is 391 g/mol. The molecule has 30 heavy (non-hydrogen) atoms. The van der Waals surface area contributed by atoms with Crippen molar-refractivity contribution in [1.82, 2.24) is 15.6 Å². The van der Waals surface area contributed by atoms with Crippen LogP contribution in [0.15, 0.2) is 36.4 Å². The average molecular weight is 413 g/mol. The molecule has 156 valence electrons. The Labute approximate surface area is 171 Å². The zero-order valence-corrected chi connectivity index (χ0v) is 16.3. The molecule has 1 amide bonds. The Morgan fingerprint density at radius 3 is 2.47 bits per heavy atom. The number of halogens is 3. The van der Waals surface area contributed by atoms with Crippen LogP contribution in [-0.4, -0.2) is 30.0 Å². The lowest BCUT2D eigenvalue weighted by Gasteiger charge is -2.37. The van der Waals surface area contributed by atoms with Crippen LogP contribution in [0.2, 0.25) is 0 Å². The number of rotatable bonds is 5. The summed E-state index contributed by atoms with van der Waals surface area (Å²) in [5.41, 5.74) is 2.55. The Balaban J connectivity index is 1.41. The second-order valence-electron chi connectivity index (χ2n) is 8.31. The summed E-state index contributed by atoms with van der Waals surface area (Å²) in [5.74, 6) is -1.15. The van der Waals surface area contributed by atoms with Gasteiger partial charge >= 0.3 is 0 Å². The maximum atomic E-state index is 14.4. The van der Waals surface area contributed by atoms with Gasteiger partial charge in [0.25, 0.3) is 0 Å². The van der Waals surface area contributed by atoms with E-state index in [4.69, 9.17) is 0 Å². The largest absolute Gasteiger partial charge is 0.354 e. The van der Waals surface area contributed by atoms with E-state index in [0.29, 0.717) is 23.5 Å². The van der Waals surface area contributed by atoms with Crippen LogP contribution in [-0.2, 0) is 4.79 Å². The highest BCUT2D eigenvalue weighted by atomic mass is 19.1. The molecular formula is C23H22F3N3O. The van der Waals surface area contributed by atoms with E-state index in [9.17, 15) is 18.0 Å². The number of carbonyl (C=O) groups is 1. The molecule has 5 rings (SSSR count). The van der Waals surface area contributed by atoms with E-state index in [-0.39, 0.29) is 29.2 Å². The smallest absolute Gasteiger partial charge is 0.237 e. The van der Waals surface area contributed by atoms with Crippen LogP contribution >= 0.6 is 0 Å². The van der Waals surface area contributed by atoms with Crippen LogP contribution in [0.3, 0.4) is 0 Å². The van der Waals surface area contributed by atoms with E-state index < -0.39 is 11.6 Å². The van der Waals surface area contributed by atoms with E-state index in [1.807, 2.05) is 0 Å². The number of nitrogens with one attached hydrogen (secondary N) is 3. The molecule has 1 saturated heterocycles. The van der Waals surface area contributed by atoms with Gasteiger partial charge in [-0.2, -0.15) is 0 Å². The number of hydrogen-bond donors (Lipinski definition) is 3. The molecule has 4 nitrogen and oxygen atoms in total. The quantitative estimate of drug-likeness (QED) is 0.587. The second-order valence-corrected chi connectivity index (χ2v) is 8.31. The minimum atomic E-state index is -0.643. The number of amides is 1. The summed E-state index contributed by atoms with van der Waals surface area (Å²) in [7, 11) is 0. The standard InChI is InChI=1S/C23H22F3N3O/c24-15-3-1-13(2-4-15)21-20(17-9-16(25)10-18(26)22(17)29-21)14-7-12(8-14)11-28-23(30)19-5-6-27-19/h1-4,9-10,12,14,19,27,29H,5-8,11H2,(H,28,30)/t12-,14-,19-/m0/s1. The van der Waals surface area contributed by atoms with Gasteiger partial charge in [0.1, 0.15) is 17.5 Å². The molecule has 2 fully saturated rings. The number of aromatic amines is 1. The first-order valence-electron chi connectivity index (χ1n) is 10.3. The molecule has 0 bridgehead atoms. The molecule has 1 aromatic heterocycles. The third kappa shape index (κ3) is 3.37. The lowest BCUT2D eigenvalue weighted by atomic mass is 9.70. The van der Waals surface area contributed by atoms with E-state index in [1.165, 1.54) is 18.2 Å². The van der Waals surface area contributed by atoms with Gasteiger partial charge in [-0.1, -0.05) is 0 Å². The summed E-state index contributed by atoms with van der Waals surface area (Å²) in [5, 5.41) is 6.60. The van der Waals surface area contributed by atoms with Gasteiger partial charge in [0.15, 0.2) is 0 Å². The normalized spacial score (nSPS) is 23.1. The fourth-order valence-electron chi connectivity index (χ4n) is 4.53. The van der Waals surface area contributed by atoms with Crippen LogP contribution in [0.25, 0.3) is 22.2 Å². The summed E-state index contributed by atoms with van der Waals surface area (Å²) in [6.45, 7) is 1.48. The van der Waals surface area contributed by atoms with Crippen molar-refractivity contribution in [3.8, 4) is 11.3 Å². The fourth-order valence-corrected chi connectivity index (χ4v) is 4.53. The van der Waals surface area contributed by atoms with Gasteiger partial charge in [-0.3, -0.25) is 4.79 Å². The molecule has 1 aliphatic carbocycles. The number of fused-ring (bicyclic) bond motifs is 1. The molecule has 2 aromatic carbocycles. The molecule has 3 N–H and O–H groups in total. The lowest BCUT2D eigenvalue weighted by molar-refractivity contribution is -0.125. The highest BCUT2D eigenvalue weighted by Gasteiger charge is 2.35. The van der Waals surface area contributed by atoms with Crippen molar-refractivity contribution < 1.29 is 18.0 Å². The molecule has 0 radical (unpaired) electrons. The second kappa shape index (κ2) is 7.47. The first-order valence-corrected chi connectivity index (χ1v) is 10.3. The summed E-state index contributed by atoms with van der Waals surface area (Å²) < 4.78 is 41.8. The number of hydrogen-bond acceptors (Lipinski definition) is 2. The number of carbonyl (C=O) groups excluding carboxylic acids is 1. The number of H-pyrrole nitrogens is 1. The van der Waals surface area contributed by atoms with Gasteiger partial charge in [0.2, 0.25) is 5.91 Å². The molecule has 3 aromatic rings. The van der Waals surface area contributed by atoms with Crippen molar-refractivity contribution in [2.45, 2.75) is 31.2 Å². The number of benzene rings is 2. The van der Waals surface area contributed by atoms with Gasteiger partial charge in [0.05, 0.1) is 17.3 Å². The van der Waals surface area contributed by atoms with Crippen molar-refractivity contribution in [2.75, 3.05) is 13.1 Å². The van der Waals surface area contributed by atoms with E-state index in [2.05, 4.69) is 15.6 Å². The maximum absolute atomic E-state index is 14.4. The summed E-state index contributed by atoms with van der Waals surface area (Å²) in [6.07, 6.45) is 2.50. The first-order chi connectivity index (χ1) is 14.5. The van der Waals surface area contributed by atoms with Gasteiger partial charge < -0.3 is 15.6 Å². The topological polar surface area (TPSA) is 56.9 Å². The van der Waals surface area contributed by atoms with Crippen molar-refractivity contribution in [1.29, 1.82) is 0 Å². The van der Waals surface area contributed by atoms with Crippen LogP contribution in [0.1, 0.15) is 30.7 Å². The third-order valence-electron chi connectivity index (χ3n) is 6.35. The van der Waals surface area contributed by atoms with Crippen molar-refractivity contribution in [2.24, 2.45) is 5.92 Å². The predicted molar refractivity (Wildman–Crippen MR) is 108 cm³/mol. The Morgan fingerprint density at radius 1 is 1.07 bits per heavy atom. The Kier molecular flexibility index (Phi) is 4.77. The highest BCUT2D eigenvalue weighted by Crippen LogP contribution is 2.48. The van der Waals surface area contributed by atoms with Crippen molar-refractivity contribution in [3.63, 3.8) is 0 Å². The van der Waals surface area contributed by atoms with Gasteiger partial charge in [-0.05, 0) is 79.1 Å². The zero-order chi connectivity index (χ0) is 20.8.